The Morgan fingerprint density at radius 1 is 1.53 bits per heavy atom. The summed E-state index contributed by atoms with van der Waals surface area (Å²) in [5.74, 6) is -1.46. The van der Waals surface area contributed by atoms with Crippen molar-refractivity contribution in [3.05, 3.63) is 18.0 Å². The first-order valence-corrected chi connectivity index (χ1v) is 4.22. The van der Waals surface area contributed by atoms with Crippen LogP contribution in [0.1, 0.15) is 5.56 Å². The number of carboxylic acids is 1. The number of aromatic nitrogens is 2. The molecule has 0 aliphatic heterocycles. The van der Waals surface area contributed by atoms with Gasteiger partial charge in [-0.15, -0.1) is 0 Å². The molecule has 7 heteroatoms. The van der Waals surface area contributed by atoms with Crippen LogP contribution in [0.5, 0.6) is 0 Å². The molecule has 1 rings (SSSR count). The van der Waals surface area contributed by atoms with Crippen LogP contribution in [-0.4, -0.2) is 40.4 Å². The molecule has 7 nitrogen and oxygen atoms in total. The number of H-pyrrole nitrogens is 1. The highest BCUT2D eigenvalue weighted by molar-refractivity contribution is 5.77. The maximum Gasteiger partial charge on any atom is 0.329 e. The number of nitrogens with zero attached hydrogens (tertiary/aromatic N) is 1. The molecule has 1 aromatic rings. The lowest BCUT2D eigenvalue weighted by molar-refractivity contribution is -0.143. The Balaban J connectivity index is 2.11. The Bertz CT molecular complexity index is 323. The van der Waals surface area contributed by atoms with Gasteiger partial charge in [0.05, 0.1) is 6.20 Å². The lowest BCUT2D eigenvalue weighted by Crippen LogP contribution is -2.28. The number of aliphatic carboxylic acids is 1. The summed E-state index contributed by atoms with van der Waals surface area (Å²) in [6.07, 6.45) is 3.23. The van der Waals surface area contributed by atoms with E-state index in [-0.39, 0.29) is 12.5 Å². The summed E-state index contributed by atoms with van der Waals surface area (Å²) in [5, 5.41) is 17.1. The van der Waals surface area contributed by atoms with Crippen LogP contribution < -0.4 is 5.32 Å². The third-order valence-corrected chi connectivity index (χ3v) is 1.50. The molecule has 0 saturated heterocycles. The van der Waals surface area contributed by atoms with Gasteiger partial charge in [0.1, 0.15) is 13.2 Å². The summed E-state index contributed by atoms with van der Waals surface area (Å²) in [6, 6.07) is 0. The van der Waals surface area contributed by atoms with Gasteiger partial charge in [-0.3, -0.25) is 9.89 Å². The molecule has 1 heterocycles. The molecule has 0 fully saturated rings. The fourth-order valence-corrected chi connectivity index (χ4v) is 0.857. The molecule has 0 bridgehead atoms. The van der Waals surface area contributed by atoms with E-state index >= 15 is 0 Å². The normalized spacial score (nSPS) is 9.87. The molecular weight excluding hydrogens is 202 g/mol. The molecule has 0 aliphatic rings. The van der Waals surface area contributed by atoms with Gasteiger partial charge in [-0.1, -0.05) is 0 Å². The molecule has 3 N–H and O–H groups in total. The maximum absolute atomic E-state index is 11.1. The molecular formula is C8H11N3O4. The molecule has 1 amide bonds. The largest absolute Gasteiger partial charge is 0.480 e. The summed E-state index contributed by atoms with van der Waals surface area (Å²) in [7, 11) is 0. The van der Waals surface area contributed by atoms with E-state index in [0.717, 1.165) is 5.56 Å². The molecule has 0 spiro atoms. The Labute approximate surface area is 85.4 Å². The quantitative estimate of drug-likeness (QED) is 0.569. The van der Waals surface area contributed by atoms with E-state index in [1.54, 1.807) is 12.4 Å². The van der Waals surface area contributed by atoms with Crippen LogP contribution >= 0.6 is 0 Å². The molecule has 0 aliphatic carbocycles. The molecule has 0 radical (unpaired) electrons. The van der Waals surface area contributed by atoms with Crippen molar-refractivity contribution in [2.75, 3.05) is 13.2 Å². The van der Waals surface area contributed by atoms with Crippen LogP contribution in [0.25, 0.3) is 0 Å². The van der Waals surface area contributed by atoms with Crippen LogP contribution in [0.3, 0.4) is 0 Å². The standard InChI is InChI=1S/C8H11N3O4/c12-7(4-15-5-8(13)14)9-1-6-2-10-11-3-6/h2-3H,1,4-5H2,(H,9,12)(H,10,11)(H,13,14). The number of carboxylic acid groups (broad SMARTS) is 1. The second-order valence-corrected chi connectivity index (χ2v) is 2.77. The molecule has 15 heavy (non-hydrogen) atoms. The van der Waals surface area contributed by atoms with Gasteiger partial charge in [0.25, 0.3) is 0 Å². The lowest BCUT2D eigenvalue weighted by atomic mass is 10.3. The number of amides is 1. The number of hydrogen-bond donors (Lipinski definition) is 3. The molecule has 0 unspecified atom stereocenters. The molecule has 0 saturated carbocycles. The highest BCUT2D eigenvalue weighted by Gasteiger charge is 2.03. The maximum atomic E-state index is 11.1. The van der Waals surface area contributed by atoms with E-state index in [1.807, 2.05) is 0 Å². The summed E-state index contributed by atoms with van der Waals surface area (Å²) >= 11 is 0. The summed E-state index contributed by atoms with van der Waals surface area (Å²) in [5.41, 5.74) is 0.835. The van der Waals surface area contributed by atoms with Gasteiger partial charge in [0.2, 0.25) is 5.91 Å². The van der Waals surface area contributed by atoms with E-state index in [9.17, 15) is 9.59 Å². The minimum atomic E-state index is -1.10. The van der Waals surface area contributed by atoms with Crippen LogP contribution in [0.4, 0.5) is 0 Å². The van der Waals surface area contributed by atoms with Crippen molar-refractivity contribution in [2.45, 2.75) is 6.54 Å². The lowest BCUT2D eigenvalue weighted by Gasteiger charge is -2.02. The smallest absolute Gasteiger partial charge is 0.329 e. The molecule has 0 aromatic carbocycles. The summed E-state index contributed by atoms with van der Waals surface area (Å²) in [4.78, 5) is 21.1. The monoisotopic (exact) mass is 213 g/mol. The number of carbonyl (C=O) groups is 2. The van der Waals surface area contributed by atoms with Crippen LogP contribution in [0.2, 0.25) is 0 Å². The molecule has 0 atom stereocenters. The number of aromatic amines is 1. The Morgan fingerprint density at radius 3 is 2.93 bits per heavy atom. The number of carbonyl (C=O) groups excluding carboxylic acids is 1. The highest BCUT2D eigenvalue weighted by atomic mass is 16.5. The van der Waals surface area contributed by atoms with Crippen molar-refractivity contribution in [1.29, 1.82) is 0 Å². The van der Waals surface area contributed by atoms with Crippen molar-refractivity contribution in [3.8, 4) is 0 Å². The van der Waals surface area contributed by atoms with Gasteiger partial charge in [0, 0.05) is 18.3 Å². The van der Waals surface area contributed by atoms with Crippen molar-refractivity contribution in [2.24, 2.45) is 0 Å². The Morgan fingerprint density at radius 2 is 2.33 bits per heavy atom. The number of nitrogens with one attached hydrogen (secondary N) is 2. The van der Waals surface area contributed by atoms with Gasteiger partial charge < -0.3 is 15.2 Å². The topological polar surface area (TPSA) is 104 Å². The number of rotatable bonds is 6. The number of ether oxygens (including phenoxy) is 1. The fraction of sp³-hybridized carbons (Fsp3) is 0.375. The first kappa shape index (κ1) is 11.2. The fourth-order valence-electron chi connectivity index (χ4n) is 0.857. The van der Waals surface area contributed by atoms with E-state index in [0.29, 0.717) is 6.54 Å². The molecule has 82 valence electrons. The zero-order valence-corrected chi connectivity index (χ0v) is 7.90. The molecule has 1 aromatic heterocycles. The minimum absolute atomic E-state index is 0.260. The van der Waals surface area contributed by atoms with E-state index < -0.39 is 12.6 Å². The second kappa shape index (κ2) is 5.76. The van der Waals surface area contributed by atoms with Crippen LogP contribution in [0, 0.1) is 0 Å². The van der Waals surface area contributed by atoms with Crippen molar-refractivity contribution >= 4 is 11.9 Å². The summed E-state index contributed by atoms with van der Waals surface area (Å²) in [6.45, 7) is -0.394. The van der Waals surface area contributed by atoms with Crippen molar-refractivity contribution < 1.29 is 19.4 Å². The summed E-state index contributed by atoms with van der Waals surface area (Å²) < 4.78 is 4.59. The van der Waals surface area contributed by atoms with Gasteiger partial charge in [-0.2, -0.15) is 5.10 Å². The average molecular weight is 213 g/mol. The van der Waals surface area contributed by atoms with Gasteiger partial charge in [0.15, 0.2) is 0 Å². The SMILES string of the molecule is O=C(O)COCC(=O)NCc1cn[nH]c1. The van der Waals surface area contributed by atoms with Gasteiger partial charge in [-0.05, 0) is 0 Å². The van der Waals surface area contributed by atoms with Crippen molar-refractivity contribution in [3.63, 3.8) is 0 Å². The third kappa shape index (κ3) is 4.77. The van der Waals surface area contributed by atoms with E-state index in [2.05, 4.69) is 20.3 Å². The van der Waals surface area contributed by atoms with Gasteiger partial charge in [-0.25, -0.2) is 4.79 Å². The zero-order chi connectivity index (χ0) is 11.1. The van der Waals surface area contributed by atoms with Crippen molar-refractivity contribution in [1.82, 2.24) is 15.5 Å². The second-order valence-electron chi connectivity index (χ2n) is 2.77. The first-order chi connectivity index (χ1) is 7.18. The zero-order valence-electron chi connectivity index (χ0n) is 7.90. The first-order valence-electron chi connectivity index (χ1n) is 4.22. The average Bonchev–Trinajstić information content (AvgIpc) is 2.66. The Kier molecular flexibility index (Phi) is 4.30. The van der Waals surface area contributed by atoms with E-state index in [1.165, 1.54) is 0 Å². The van der Waals surface area contributed by atoms with Crippen LogP contribution in [-0.2, 0) is 20.9 Å². The highest BCUT2D eigenvalue weighted by Crippen LogP contribution is 1.91. The van der Waals surface area contributed by atoms with Crippen LogP contribution in [0.15, 0.2) is 12.4 Å². The minimum Gasteiger partial charge on any atom is -0.480 e. The van der Waals surface area contributed by atoms with Gasteiger partial charge >= 0.3 is 5.97 Å². The predicted molar refractivity (Wildman–Crippen MR) is 48.9 cm³/mol. The predicted octanol–water partition coefficient (Wildman–Crippen LogP) is -0.873. The Hall–Kier alpha value is -1.89. The van der Waals surface area contributed by atoms with E-state index in [4.69, 9.17) is 5.11 Å². The third-order valence-electron chi connectivity index (χ3n) is 1.50. The number of hydrogen-bond acceptors (Lipinski definition) is 4.